The van der Waals surface area contributed by atoms with Crippen molar-refractivity contribution in [3.63, 3.8) is 0 Å². The molecule has 0 bridgehead atoms. The van der Waals surface area contributed by atoms with Gasteiger partial charge in [-0.3, -0.25) is 0 Å². The number of nitrogens with zero attached hydrogens (tertiary/aromatic N) is 2. The molecule has 1 aliphatic heterocycles. The topological polar surface area (TPSA) is 41.2 Å². The van der Waals surface area contributed by atoms with E-state index in [1.807, 2.05) is 18.2 Å². The fourth-order valence-electron chi connectivity index (χ4n) is 3.36. The van der Waals surface area contributed by atoms with Crippen molar-refractivity contribution in [1.29, 1.82) is 0 Å². The Bertz CT molecular complexity index is 547. The molecule has 2 atom stereocenters. The maximum absolute atomic E-state index is 6.01. The van der Waals surface area contributed by atoms with Crippen molar-refractivity contribution in [3.8, 4) is 0 Å². The van der Waals surface area contributed by atoms with E-state index in [1.54, 1.807) is 0 Å². The van der Waals surface area contributed by atoms with Crippen LogP contribution in [0, 0.1) is 5.92 Å². The number of H-pyrrole nitrogens is 1. The first-order chi connectivity index (χ1) is 9.40. The molecule has 4 heteroatoms. The van der Waals surface area contributed by atoms with Gasteiger partial charge in [0.05, 0.1) is 17.1 Å². The summed E-state index contributed by atoms with van der Waals surface area (Å²) in [7, 11) is 0. The average Bonchev–Trinajstić information content (AvgIpc) is 2.90. The van der Waals surface area contributed by atoms with E-state index in [1.165, 1.54) is 25.7 Å². The van der Waals surface area contributed by atoms with Gasteiger partial charge in [-0.25, -0.2) is 4.98 Å². The molecular weight excluding hydrogens is 238 g/mol. The number of anilines is 1. The van der Waals surface area contributed by atoms with E-state index in [0.717, 1.165) is 23.5 Å². The molecule has 1 aromatic carbocycles. The number of aromatic amines is 1. The van der Waals surface area contributed by atoms with Gasteiger partial charge in [-0.15, -0.1) is 0 Å². The Balaban J connectivity index is 1.58. The summed E-state index contributed by atoms with van der Waals surface area (Å²) >= 11 is 0. The molecule has 1 aliphatic carbocycles. The molecule has 1 aromatic heterocycles. The van der Waals surface area contributed by atoms with E-state index in [2.05, 4.69) is 20.9 Å². The van der Waals surface area contributed by atoms with Crippen molar-refractivity contribution in [2.24, 2.45) is 5.92 Å². The number of benzene rings is 1. The van der Waals surface area contributed by atoms with Crippen LogP contribution in [0.2, 0.25) is 0 Å². The van der Waals surface area contributed by atoms with Gasteiger partial charge in [-0.05, 0) is 25.0 Å². The van der Waals surface area contributed by atoms with E-state index in [0.29, 0.717) is 18.8 Å². The van der Waals surface area contributed by atoms with Crippen molar-refractivity contribution < 1.29 is 4.74 Å². The molecular formula is C15H19N3O. The van der Waals surface area contributed by atoms with Crippen molar-refractivity contribution in [2.45, 2.75) is 31.8 Å². The third-order valence-corrected chi connectivity index (χ3v) is 4.42. The summed E-state index contributed by atoms with van der Waals surface area (Å²) in [6.45, 7) is 1.74. The highest BCUT2D eigenvalue weighted by atomic mass is 16.5. The normalized spacial score (nSPS) is 27.5. The molecule has 4 nitrogen and oxygen atoms in total. The summed E-state index contributed by atoms with van der Waals surface area (Å²) in [5.41, 5.74) is 2.13. The average molecular weight is 257 g/mol. The molecule has 0 spiro atoms. The first-order valence-corrected chi connectivity index (χ1v) is 7.21. The first kappa shape index (κ1) is 11.3. The summed E-state index contributed by atoms with van der Waals surface area (Å²) in [6.07, 6.45) is 5.68. The second-order valence-electron chi connectivity index (χ2n) is 5.68. The molecule has 2 fully saturated rings. The summed E-state index contributed by atoms with van der Waals surface area (Å²) in [5, 5.41) is 0. The Morgan fingerprint density at radius 3 is 3.05 bits per heavy atom. The molecule has 2 heterocycles. The summed E-state index contributed by atoms with van der Waals surface area (Å²) in [6, 6.07) is 8.18. The van der Waals surface area contributed by atoms with Crippen LogP contribution in [0.5, 0.6) is 0 Å². The standard InChI is InChI=1S/C15H19N3O/c1-4-8-14-11(5-1)9-18(10-19-14)15-16-12-6-2-3-7-13(12)17-15/h2-3,6-7,11,14H,1,4-5,8-10H2,(H,16,17). The fourth-order valence-corrected chi connectivity index (χ4v) is 3.36. The number of imidazole rings is 1. The summed E-state index contributed by atoms with van der Waals surface area (Å²) in [5.74, 6) is 1.63. The van der Waals surface area contributed by atoms with Crippen LogP contribution in [-0.2, 0) is 4.74 Å². The fraction of sp³-hybridized carbons (Fsp3) is 0.533. The van der Waals surface area contributed by atoms with Crippen LogP contribution < -0.4 is 4.90 Å². The first-order valence-electron chi connectivity index (χ1n) is 7.21. The minimum absolute atomic E-state index is 0.481. The molecule has 100 valence electrons. The summed E-state index contributed by atoms with van der Waals surface area (Å²) in [4.78, 5) is 10.3. The molecule has 0 radical (unpaired) electrons. The Morgan fingerprint density at radius 1 is 1.21 bits per heavy atom. The van der Waals surface area contributed by atoms with Crippen molar-refractivity contribution >= 4 is 17.0 Å². The van der Waals surface area contributed by atoms with Gasteiger partial charge in [0.15, 0.2) is 0 Å². The number of hydrogen-bond acceptors (Lipinski definition) is 3. The van der Waals surface area contributed by atoms with Crippen LogP contribution in [0.3, 0.4) is 0 Å². The van der Waals surface area contributed by atoms with Crippen molar-refractivity contribution in [2.75, 3.05) is 18.2 Å². The minimum atomic E-state index is 0.481. The SMILES string of the molecule is c1ccc2[nH]c(N3COC4CCCCC4C3)nc2c1. The van der Waals surface area contributed by atoms with Gasteiger partial charge in [-0.2, -0.15) is 0 Å². The second kappa shape index (κ2) is 4.53. The molecule has 2 aromatic rings. The van der Waals surface area contributed by atoms with Gasteiger partial charge in [0.25, 0.3) is 0 Å². The van der Waals surface area contributed by atoms with Gasteiger partial charge in [0, 0.05) is 12.5 Å². The van der Waals surface area contributed by atoms with E-state index in [-0.39, 0.29) is 0 Å². The largest absolute Gasteiger partial charge is 0.357 e. The van der Waals surface area contributed by atoms with Gasteiger partial charge in [0.2, 0.25) is 5.95 Å². The minimum Gasteiger partial charge on any atom is -0.357 e. The number of rotatable bonds is 1. The van der Waals surface area contributed by atoms with E-state index >= 15 is 0 Å². The Kier molecular flexibility index (Phi) is 2.69. The number of fused-ring (bicyclic) bond motifs is 2. The highest BCUT2D eigenvalue weighted by molar-refractivity contribution is 5.77. The molecule has 1 saturated heterocycles. The molecule has 2 aliphatic rings. The molecule has 1 saturated carbocycles. The van der Waals surface area contributed by atoms with Crippen LogP contribution in [-0.4, -0.2) is 29.3 Å². The van der Waals surface area contributed by atoms with Gasteiger partial charge in [-0.1, -0.05) is 25.0 Å². The number of nitrogens with one attached hydrogen (secondary N) is 1. The monoisotopic (exact) mass is 257 g/mol. The lowest BCUT2D eigenvalue weighted by molar-refractivity contribution is -0.0362. The number of ether oxygens (including phenoxy) is 1. The van der Waals surface area contributed by atoms with Crippen LogP contribution in [0.25, 0.3) is 11.0 Å². The number of aromatic nitrogens is 2. The molecule has 2 unspecified atom stereocenters. The zero-order valence-electron chi connectivity index (χ0n) is 11.0. The molecule has 1 N–H and O–H groups in total. The predicted octanol–water partition coefficient (Wildman–Crippen LogP) is 2.92. The molecule has 0 amide bonds. The van der Waals surface area contributed by atoms with Crippen molar-refractivity contribution in [1.82, 2.24) is 9.97 Å². The third kappa shape index (κ3) is 2.00. The zero-order valence-corrected chi connectivity index (χ0v) is 11.0. The summed E-state index contributed by atoms with van der Waals surface area (Å²) < 4.78 is 6.01. The maximum Gasteiger partial charge on any atom is 0.205 e. The highest BCUT2D eigenvalue weighted by Crippen LogP contribution is 2.32. The van der Waals surface area contributed by atoms with Crippen LogP contribution in [0.15, 0.2) is 24.3 Å². The smallest absolute Gasteiger partial charge is 0.205 e. The number of hydrogen-bond donors (Lipinski definition) is 1. The predicted molar refractivity (Wildman–Crippen MR) is 75.1 cm³/mol. The Labute approximate surface area is 112 Å². The number of para-hydroxylation sites is 2. The zero-order chi connectivity index (χ0) is 12.7. The van der Waals surface area contributed by atoms with E-state index in [4.69, 9.17) is 4.74 Å². The lowest BCUT2D eigenvalue weighted by Crippen LogP contribution is -2.46. The lowest BCUT2D eigenvalue weighted by Gasteiger charge is -2.40. The van der Waals surface area contributed by atoms with Crippen LogP contribution in [0.4, 0.5) is 5.95 Å². The van der Waals surface area contributed by atoms with Gasteiger partial charge < -0.3 is 14.6 Å². The second-order valence-corrected chi connectivity index (χ2v) is 5.68. The van der Waals surface area contributed by atoms with Crippen LogP contribution >= 0.6 is 0 Å². The van der Waals surface area contributed by atoms with Gasteiger partial charge >= 0.3 is 0 Å². The maximum atomic E-state index is 6.01. The molecule has 19 heavy (non-hydrogen) atoms. The van der Waals surface area contributed by atoms with Crippen LogP contribution in [0.1, 0.15) is 25.7 Å². The molecule has 4 rings (SSSR count). The Hall–Kier alpha value is -1.55. The lowest BCUT2D eigenvalue weighted by atomic mass is 9.85. The quantitative estimate of drug-likeness (QED) is 0.854. The Morgan fingerprint density at radius 2 is 2.11 bits per heavy atom. The third-order valence-electron chi connectivity index (χ3n) is 4.42. The highest BCUT2D eigenvalue weighted by Gasteiger charge is 2.32. The van der Waals surface area contributed by atoms with E-state index < -0.39 is 0 Å². The van der Waals surface area contributed by atoms with Crippen molar-refractivity contribution in [3.05, 3.63) is 24.3 Å². The van der Waals surface area contributed by atoms with E-state index in [9.17, 15) is 0 Å². The van der Waals surface area contributed by atoms with Gasteiger partial charge in [0.1, 0.15) is 6.73 Å².